The van der Waals surface area contributed by atoms with Gasteiger partial charge in [-0.05, 0) is 57.1 Å². The van der Waals surface area contributed by atoms with Crippen LogP contribution in [0.3, 0.4) is 0 Å². The smallest absolute Gasteiger partial charge is 0.273 e. The fourth-order valence-electron chi connectivity index (χ4n) is 5.15. The van der Waals surface area contributed by atoms with Gasteiger partial charge in [0, 0.05) is 54.2 Å². The number of piperazine rings is 1. The largest absolute Gasteiger partial charge is 0.352 e. The third kappa shape index (κ3) is 3.72. The molecule has 1 saturated heterocycles. The predicted octanol–water partition coefficient (Wildman–Crippen LogP) is 4.63. The number of rotatable bonds is 4. The van der Waals surface area contributed by atoms with Crippen LogP contribution >= 0.6 is 11.3 Å². The van der Waals surface area contributed by atoms with Gasteiger partial charge in [-0.3, -0.25) is 14.9 Å². The van der Waals surface area contributed by atoms with Crippen molar-refractivity contribution in [1.29, 1.82) is 0 Å². The number of nitro groups is 1. The van der Waals surface area contributed by atoms with Gasteiger partial charge in [-0.1, -0.05) is 6.07 Å². The number of aryl methyl sites for hydroxylation is 3. The van der Waals surface area contributed by atoms with Gasteiger partial charge in [0.1, 0.15) is 16.5 Å². The lowest BCUT2D eigenvalue weighted by Gasteiger charge is -2.36. The fraction of sp³-hybridized carbons (Fsp3) is 0.480. The number of aromatic nitrogens is 2. The van der Waals surface area contributed by atoms with Crippen LogP contribution in [0.2, 0.25) is 0 Å². The molecule has 8 nitrogen and oxygen atoms in total. The summed E-state index contributed by atoms with van der Waals surface area (Å²) in [6.07, 6.45) is 7.03. The molecule has 2 aromatic heterocycles. The molecule has 1 aromatic carbocycles. The summed E-state index contributed by atoms with van der Waals surface area (Å²) in [6.45, 7) is 4.21. The second-order valence-corrected chi connectivity index (χ2v) is 10.7. The standard InChI is InChI=1S/C25H27N5O3S/c1-15-6-7-17(14-19(15)30(32)33)25(31)29-12-10-28(11-13-29)23-21-18-4-2-3-5-20(18)34-24(21)27-22(26-23)16-8-9-16/h6-7,14,16H,2-5,8-13H2,1H3. The van der Waals surface area contributed by atoms with Crippen LogP contribution in [-0.4, -0.2) is 51.9 Å². The molecule has 3 heterocycles. The number of anilines is 1. The molecule has 9 heteroatoms. The first kappa shape index (κ1) is 21.5. The summed E-state index contributed by atoms with van der Waals surface area (Å²) < 4.78 is 0. The van der Waals surface area contributed by atoms with E-state index in [1.165, 1.54) is 47.6 Å². The number of hydrogen-bond donors (Lipinski definition) is 0. The van der Waals surface area contributed by atoms with Crippen molar-refractivity contribution >= 4 is 39.0 Å². The molecule has 2 aliphatic carbocycles. The SMILES string of the molecule is Cc1ccc(C(=O)N2CCN(c3nc(C4CC4)nc4sc5c(c34)CCCC5)CC2)cc1[N+](=O)[O-]. The third-order valence-corrected chi connectivity index (χ3v) is 8.46. The van der Waals surface area contributed by atoms with Crippen molar-refractivity contribution in [2.45, 2.75) is 51.4 Å². The molecule has 3 aromatic rings. The van der Waals surface area contributed by atoms with Crippen LogP contribution in [0.25, 0.3) is 10.2 Å². The molecular formula is C25H27N5O3S. The Kier molecular flexibility index (Phi) is 5.24. The van der Waals surface area contributed by atoms with Gasteiger partial charge < -0.3 is 9.80 Å². The highest BCUT2D eigenvalue weighted by molar-refractivity contribution is 7.19. The van der Waals surface area contributed by atoms with E-state index in [2.05, 4.69) is 4.90 Å². The van der Waals surface area contributed by atoms with Crippen LogP contribution in [0, 0.1) is 17.0 Å². The van der Waals surface area contributed by atoms with E-state index in [4.69, 9.17) is 9.97 Å². The predicted molar refractivity (Wildman–Crippen MR) is 132 cm³/mol. The van der Waals surface area contributed by atoms with Crippen LogP contribution < -0.4 is 4.90 Å². The van der Waals surface area contributed by atoms with Gasteiger partial charge >= 0.3 is 0 Å². The first-order valence-corrected chi connectivity index (χ1v) is 12.9. The molecule has 0 bridgehead atoms. The minimum atomic E-state index is -0.427. The Morgan fingerprint density at radius 1 is 1.12 bits per heavy atom. The molecule has 0 radical (unpaired) electrons. The van der Waals surface area contributed by atoms with Gasteiger partial charge in [0.05, 0.1) is 10.3 Å². The van der Waals surface area contributed by atoms with Crippen LogP contribution in [-0.2, 0) is 12.8 Å². The number of nitrogens with zero attached hydrogens (tertiary/aromatic N) is 5. The Morgan fingerprint density at radius 2 is 1.88 bits per heavy atom. The van der Waals surface area contributed by atoms with Crippen molar-refractivity contribution in [3.63, 3.8) is 0 Å². The third-order valence-electron chi connectivity index (χ3n) is 7.27. The summed E-state index contributed by atoms with van der Waals surface area (Å²) in [5, 5.41) is 12.5. The van der Waals surface area contributed by atoms with Crippen molar-refractivity contribution in [3.8, 4) is 0 Å². The summed E-state index contributed by atoms with van der Waals surface area (Å²) in [6, 6.07) is 4.74. The maximum Gasteiger partial charge on any atom is 0.273 e. The lowest BCUT2D eigenvalue weighted by molar-refractivity contribution is -0.385. The number of nitro benzene ring substituents is 1. The van der Waals surface area contributed by atoms with Crippen molar-refractivity contribution in [2.24, 2.45) is 0 Å². The summed E-state index contributed by atoms with van der Waals surface area (Å²) in [4.78, 5) is 40.7. The van der Waals surface area contributed by atoms with Gasteiger partial charge in [-0.25, -0.2) is 9.97 Å². The van der Waals surface area contributed by atoms with Crippen LogP contribution in [0.1, 0.15) is 63.8 Å². The average molecular weight is 478 g/mol. The van der Waals surface area contributed by atoms with E-state index in [0.717, 1.165) is 29.3 Å². The molecule has 2 fully saturated rings. The van der Waals surface area contributed by atoms with Crippen molar-refractivity contribution in [1.82, 2.24) is 14.9 Å². The maximum atomic E-state index is 13.1. The Bertz CT molecular complexity index is 1310. The highest BCUT2D eigenvalue weighted by Gasteiger charge is 2.32. The average Bonchev–Trinajstić information content (AvgIpc) is 3.64. The van der Waals surface area contributed by atoms with Crippen molar-refractivity contribution < 1.29 is 9.72 Å². The van der Waals surface area contributed by atoms with Gasteiger partial charge in [0.25, 0.3) is 11.6 Å². The van der Waals surface area contributed by atoms with E-state index in [-0.39, 0.29) is 11.6 Å². The minimum Gasteiger partial charge on any atom is -0.352 e. The molecule has 6 rings (SSSR count). The lowest BCUT2D eigenvalue weighted by atomic mass is 9.97. The van der Waals surface area contributed by atoms with Crippen LogP contribution in [0.15, 0.2) is 18.2 Å². The second-order valence-electron chi connectivity index (χ2n) is 9.61. The molecule has 34 heavy (non-hydrogen) atoms. The fourth-order valence-corrected chi connectivity index (χ4v) is 6.41. The Hall–Kier alpha value is -3.07. The first-order chi connectivity index (χ1) is 16.5. The van der Waals surface area contributed by atoms with Gasteiger partial charge in [-0.2, -0.15) is 0 Å². The number of carbonyl (C=O) groups excluding carboxylic acids is 1. The molecule has 0 N–H and O–H groups in total. The zero-order valence-corrected chi connectivity index (χ0v) is 20.1. The Morgan fingerprint density at radius 3 is 2.62 bits per heavy atom. The molecule has 1 amide bonds. The number of fused-ring (bicyclic) bond motifs is 3. The van der Waals surface area contributed by atoms with E-state index >= 15 is 0 Å². The van der Waals surface area contributed by atoms with Gasteiger partial charge in [-0.15, -0.1) is 11.3 Å². The van der Waals surface area contributed by atoms with Crippen LogP contribution in [0.5, 0.6) is 0 Å². The van der Waals surface area contributed by atoms with E-state index in [1.807, 2.05) is 11.3 Å². The molecule has 1 aliphatic heterocycles. The summed E-state index contributed by atoms with van der Waals surface area (Å²) in [5.41, 5.74) is 2.36. The highest BCUT2D eigenvalue weighted by Crippen LogP contribution is 2.44. The van der Waals surface area contributed by atoms with E-state index in [1.54, 1.807) is 24.0 Å². The topological polar surface area (TPSA) is 92.5 Å². The molecule has 0 atom stereocenters. The lowest BCUT2D eigenvalue weighted by Crippen LogP contribution is -2.49. The summed E-state index contributed by atoms with van der Waals surface area (Å²) in [5.74, 6) is 2.36. The Labute approximate surface area is 201 Å². The molecule has 0 unspecified atom stereocenters. The summed E-state index contributed by atoms with van der Waals surface area (Å²) in [7, 11) is 0. The van der Waals surface area contributed by atoms with E-state index in [9.17, 15) is 14.9 Å². The molecule has 176 valence electrons. The van der Waals surface area contributed by atoms with E-state index < -0.39 is 4.92 Å². The Balaban J connectivity index is 1.27. The molecule has 0 spiro atoms. The normalized spacial score (nSPS) is 18.3. The van der Waals surface area contributed by atoms with E-state index in [0.29, 0.717) is 43.2 Å². The number of amides is 1. The number of hydrogen-bond acceptors (Lipinski definition) is 7. The van der Waals surface area contributed by atoms with Crippen molar-refractivity contribution in [3.05, 3.63) is 55.7 Å². The van der Waals surface area contributed by atoms with Gasteiger partial charge in [0.15, 0.2) is 0 Å². The quantitative estimate of drug-likeness (QED) is 0.402. The number of benzene rings is 1. The molecular weight excluding hydrogens is 450 g/mol. The minimum absolute atomic E-state index is 0.0114. The van der Waals surface area contributed by atoms with Crippen LogP contribution in [0.4, 0.5) is 11.5 Å². The van der Waals surface area contributed by atoms with Crippen molar-refractivity contribution in [2.75, 3.05) is 31.1 Å². The second kappa shape index (κ2) is 8.30. The molecule has 1 saturated carbocycles. The maximum absolute atomic E-state index is 13.1. The number of thiophene rings is 1. The zero-order valence-electron chi connectivity index (χ0n) is 19.2. The zero-order chi connectivity index (χ0) is 23.4. The van der Waals surface area contributed by atoms with Gasteiger partial charge in [0.2, 0.25) is 0 Å². The monoisotopic (exact) mass is 477 g/mol. The first-order valence-electron chi connectivity index (χ1n) is 12.1. The highest BCUT2D eigenvalue weighted by atomic mass is 32.1. The number of carbonyl (C=O) groups is 1. The summed E-state index contributed by atoms with van der Waals surface area (Å²) >= 11 is 1.85. The molecule has 3 aliphatic rings.